The van der Waals surface area contributed by atoms with Gasteiger partial charge >= 0.3 is 18.9 Å². The van der Waals surface area contributed by atoms with Gasteiger partial charge in [0.1, 0.15) is 34.3 Å². The van der Waals surface area contributed by atoms with Gasteiger partial charge in [0.05, 0.1) is 33.5 Å². The molecule has 0 fully saturated rings. The van der Waals surface area contributed by atoms with Crippen LogP contribution in [0.2, 0.25) is 0 Å². The van der Waals surface area contributed by atoms with E-state index in [-0.39, 0.29) is 46.6 Å². The molecule has 2 rings (SSSR count). The molecule has 3 unspecified atom stereocenters. The van der Waals surface area contributed by atoms with Crippen LogP contribution < -0.4 is 47.8 Å². The molecule has 32 heavy (non-hydrogen) atoms. The zero-order valence-corrected chi connectivity index (χ0v) is 21.4. The van der Waals surface area contributed by atoms with E-state index in [9.17, 15) is 4.79 Å². The fourth-order valence-corrected chi connectivity index (χ4v) is 3.84. The molecule has 8 heteroatoms. The predicted octanol–water partition coefficient (Wildman–Crippen LogP) is 2.33. The van der Waals surface area contributed by atoms with Crippen molar-refractivity contribution in [3.63, 3.8) is 0 Å². The summed E-state index contributed by atoms with van der Waals surface area (Å²) < 4.78 is 28.3. The number of ether oxygens (including phenoxy) is 5. The van der Waals surface area contributed by atoms with Crippen LogP contribution in [0.4, 0.5) is 0 Å². The molecule has 2 aromatic rings. The van der Waals surface area contributed by atoms with Gasteiger partial charge in [-0.3, -0.25) is 4.79 Å². The number of carbonyl (C=O) groups is 1. The van der Waals surface area contributed by atoms with E-state index in [2.05, 4.69) is 13.8 Å². The molecule has 0 aromatic heterocycles. The van der Waals surface area contributed by atoms with Crippen LogP contribution in [-0.4, -0.2) is 39.1 Å². The monoisotopic (exact) mass is 456 g/mol. The van der Waals surface area contributed by atoms with Gasteiger partial charge in [0.15, 0.2) is 5.52 Å². The largest absolute Gasteiger partial charge is 1.00 e. The van der Waals surface area contributed by atoms with Gasteiger partial charge in [-0.1, -0.05) is 13.8 Å². The van der Waals surface area contributed by atoms with E-state index < -0.39 is 0 Å². The summed E-state index contributed by atoms with van der Waals surface area (Å²) in [5, 5.41) is 0.807. The molecule has 0 bridgehead atoms. The molecule has 0 saturated heterocycles. The van der Waals surface area contributed by atoms with Crippen LogP contribution in [0.15, 0.2) is 30.3 Å². The minimum Gasteiger partial charge on any atom is -1.00 e. The van der Waals surface area contributed by atoms with E-state index >= 15 is 0 Å². The summed E-state index contributed by atoms with van der Waals surface area (Å²) in [6, 6.07) is 9.01. The molecule has 172 valence electrons. The Morgan fingerprint density at radius 1 is 0.844 bits per heavy atom. The summed E-state index contributed by atoms with van der Waals surface area (Å²) in [5.41, 5.74) is 0.277. The average Bonchev–Trinajstić information content (AvgIpc) is 2.79. The van der Waals surface area contributed by atoms with E-state index in [4.69, 9.17) is 23.7 Å². The molecule has 6 nitrogen and oxygen atoms in total. The summed E-state index contributed by atoms with van der Waals surface area (Å²) in [4.78, 5) is 13.3. The van der Waals surface area contributed by atoms with Gasteiger partial charge in [0, 0.05) is 23.5 Å². The molecule has 0 saturated carbocycles. The Morgan fingerprint density at radius 3 is 1.88 bits per heavy atom. The van der Waals surface area contributed by atoms with Crippen LogP contribution in [-0.2, 0) is 0 Å². The molecule has 0 aliphatic carbocycles. The predicted molar refractivity (Wildman–Crippen MR) is 127 cm³/mol. The van der Waals surface area contributed by atoms with Crippen molar-refractivity contribution in [2.24, 2.45) is 0 Å². The van der Waals surface area contributed by atoms with Crippen LogP contribution in [0.1, 0.15) is 52.3 Å². The maximum absolute atomic E-state index is 13.3. The van der Waals surface area contributed by atoms with Crippen molar-refractivity contribution in [2.45, 2.75) is 52.7 Å². The Hall–Kier alpha value is -1.86. The Morgan fingerprint density at radius 2 is 1.38 bits per heavy atom. The first kappa shape index (κ1) is 28.2. The van der Waals surface area contributed by atoms with Crippen molar-refractivity contribution in [1.29, 1.82) is 0 Å². The summed E-state index contributed by atoms with van der Waals surface area (Å²) in [5.74, 6) is 2.77. The first-order valence-electron chi connectivity index (χ1n) is 10.4. The standard InChI is InChI=1S/C24H33O6P.Li.H/c1-8-15(3)29-17-10-11-22(19(12-17)30-16(4)9-2)31-24(25)23-20(27-6)13-18(26-5)14-21(23)28-7;;/h10-16,31H,8-9H2,1-7H3;;/q;+1;-1. The second-order valence-corrected chi connectivity index (χ2v) is 8.44. The third kappa shape index (κ3) is 7.34. The number of benzene rings is 2. The maximum Gasteiger partial charge on any atom is 1.00 e. The van der Waals surface area contributed by atoms with Crippen LogP contribution >= 0.6 is 8.58 Å². The average molecular weight is 456 g/mol. The topological polar surface area (TPSA) is 63.2 Å². The van der Waals surface area contributed by atoms with Gasteiger partial charge in [-0.2, -0.15) is 0 Å². The van der Waals surface area contributed by atoms with Crippen molar-refractivity contribution in [3.05, 3.63) is 35.9 Å². The molecule has 0 spiro atoms. The number of carbonyl (C=O) groups excluding carboxylic acids is 1. The van der Waals surface area contributed by atoms with Crippen molar-refractivity contribution < 1.29 is 48.8 Å². The Bertz CT molecular complexity index is 870. The second kappa shape index (κ2) is 13.6. The number of methoxy groups -OCH3 is 3. The molecular formula is C24H34LiO6P. The molecule has 0 N–H and O–H groups in total. The normalized spacial score (nSPS) is 12.6. The first-order valence-corrected chi connectivity index (χ1v) is 11.4. The number of hydrogen-bond acceptors (Lipinski definition) is 6. The van der Waals surface area contributed by atoms with Crippen LogP contribution in [0.5, 0.6) is 28.7 Å². The maximum atomic E-state index is 13.3. The van der Waals surface area contributed by atoms with E-state index in [1.165, 1.54) is 14.2 Å². The number of hydrogen-bond donors (Lipinski definition) is 0. The quantitative estimate of drug-likeness (QED) is 0.361. The summed E-state index contributed by atoms with van der Waals surface area (Å²) in [6.07, 6.45) is 1.87. The van der Waals surface area contributed by atoms with Crippen molar-refractivity contribution >= 4 is 19.4 Å². The molecule has 0 aliphatic heterocycles. The van der Waals surface area contributed by atoms with Crippen LogP contribution in [0, 0.1) is 0 Å². The molecular weight excluding hydrogens is 422 g/mol. The van der Waals surface area contributed by atoms with Gasteiger partial charge in [-0.25, -0.2) is 0 Å². The Labute approximate surface area is 206 Å². The third-order valence-corrected chi connectivity index (χ3v) is 6.12. The summed E-state index contributed by atoms with van der Waals surface area (Å²) in [6.45, 7) is 8.17. The smallest absolute Gasteiger partial charge is 1.00 e. The first-order chi connectivity index (χ1) is 14.9. The van der Waals surface area contributed by atoms with Gasteiger partial charge in [-0.15, -0.1) is 0 Å². The van der Waals surface area contributed by atoms with Gasteiger partial charge in [-0.05, 0) is 47.4 Å². The molecule has 0 aliphatic rings. The number of rotatable bonds is 12. The Balaban J connectivity index is 0.00000512. The van der Waals surface area contributed by atoms with Gasteiger partial charge in [0.25, 0.3) is 0 Å². The van der Waals surface area contributed by atoms with E-state index in [1.54, 1.807) is 19.2 Å². The van der Waals surface area contributed by atoms with E-state index in [1.807, 2.05) is 32.0 Å². The van der Waals surface area contributed by atoms with E-state index in [0.29, 0.717) is 28.6 Å². The van der Waals surface area contributed by atoms with Crippen molar-refractivity contribution in [1.82, 2.24) is 0 Å². The SMILES string of the molecule is CCC(C)Oc1ccc(PC(=O)c2c(OC)cc(OC)cc2OC)c(OC(C)CC)c1.[H-].[Li+]. The molecule has 0 radical (unpaired) electrons. The van der Waals surface area contributed by atoms with Crippen LogP contribution in [0.3, 0.4) is 0 Å². The third-order valence-electron chi connectivity index (χ3n) is 4.96. The summed E-state index contributed by atoms with van der Waals surface area (Å²) >= 11 is 0. The van der Waals surface area contributed by atoms with Crippen LogP contribution in [0.25, 0.3) is 0 Å². The fourth-order valence-electron chi connectivity index (χ4n) is 2.81. The van der Waals surface area contributed by atoms with Gasteiger partial charge < -0.3 is 25.1 Å². The molecule has 3 atom stereocenters. The zero-order valence-electron chi connectivity index (χ0n) is 21.4. The Kier molecular flexibility index (Phi) is 12.0. The molecule has 2 aromatic carbocycles. The second-order valence-electron chi connectivity index (χ2n) is 7.19. The van der Waals surface area contributed by atoms with Crippen molar-refractivity contribution in [2.75, 3.05) is 21.3 Å². The molecule has 0 amide bonds. The van der Waals surface area contributed by atoms with Crippen molar-refractivity contribution in [3.8, 4) is 28.7 Å². The zero-order chi connectivity index (χ0) is 23.0. The fraction of sp³-hybridized carbons (Fsp3) is 0.458. The molecule has 0 heterocycles. The van der Waals surface area contributed by atoms with Gasteiger partial charge in [0.2, 0.25) is 0 Å². The minimum absolute atomic E-state index is 0. The summed E-state index contributed by atoms with van der Waals surface area (Å²) in [7, 11) is 4.42. The van der Waals surface area contributed by atoms with E-state index in [0.717, 1.165) is 23.9 Å². The minimum atomic E-state index is -0.176.